The fraction of sp³-hybridized carbons (Fsp3) is 0.208. The maximum absolute atomic E-state index is 12.6. The molecule has 0 heterocycles. The molecule has 3 rings (SSSR count). The van der Waals surface area contributed by atoms with E-state index >= 15 is 0 Å². The third-order valence-electron chi connectivity index (χ3n) is 4.86. The number of rotatable bonds is 7. The average molecular weight is 439 g/mol. The van der Waals surface area contributed by atoms with E-state index in [4.69, 9.17) is 4.74 Å². The van der Waals surface area contributed by atoms with Crippen LogP contribution in [0, 0.1) is 20.8 Å². The lowest BCUT2D eigenvalue weighted by Crippen LogP contribution is -2.30. The van der Waals surface area contributed by atoms with Gasteiger partial charge in [0.25, 0.3) is 15.9 Å². The molecule has 0 spiro atoms. The molecule has 0 aliphatic carbocycles. The zero-order chi connectivity index (χ0) is 22.6. The fourth-order valence-corrected chi connectivity index (χ4v) is 3.98. The monoisotopic (exact) mass is 438 g/mol. The molecule has 162 valence electrons. The number of hydrogen-bond acceptors (Lipinski definition) is 4. The van der Waals surface area contributed by atoms with Crippen LogP contribution < -0.4 is 14.8 Å². The van der Waals surface area contributed by atoms with Crippen LogP contribution in [0.15, 0.2) is 71.6 Å². The van der Waals surface area contributed by atoms with E-state index in [1.54, 1.807) is 37.3 Å². The van der Waals surface area contributed by atoms with Gasteiger partial charge in [-0.05, 0) is 92.9 Å². The van der Waals surface area contributed by atoms with Gasteiger partial charge in [0.1, 0.15) is 5.75 Å². The molecule has 0 saturated carbocycles. The summed E-state index contributed by atoms with van der Waals surface area (Å²) in [6, 6.07) is 18.8. The van der Waals surface area contributed by atoms with E-state index in [9.17, 15) is 13.2 Å². The summed E-state index contributed by atoms with van der Waals surface area (Å²) in [5.74, 6) is 0.293. The molecular formula is C24H26N2O4S. The van der Waals surface area contributed by atoms with Crippen molar-refractivity contribution in [1.82, 2.24) is 0 Å². The van der Waals surface area contributed by atoms with Crippen molar-refractivity contribution < 1.29 is 17.9 Å². The van der Waals surface area contributed by atoms with Crippen LogP contribution in [0.25, 0.3) is 0 Å². The number of amides is 1. The van der Waals surface area contributed by atoms with Gasteiger partial charge in [0.05, 0.1) is 4.90 Å². The summed E-state index contributed by atoms with van der Waals surface area (Å²) in [4.78, 5) is 12.6. The van der Waals surface area contributed by atoms with Crippen molar-refractivity contribution >= 4 is 27.3 Å². The van der Waals surface area contributed by atoms with Gasteiger partial charge in [0.15, 0.2) is 6.10 Å². The first kappa shape index (κ1) is 22.4. The number of aryl methyl sites for hydroxylation is 3. The van der Waals surface area contributed by atoms with Gasteiger partial charge in [-0.25, -0.2) is 8.42 Å². The van der Waals surface area contributed by atoms with Crippen LogP contribution in [0.3, 0.4) is 0 Å². The molecule has 0 bridgehead atoms. The predicted octanol–water partition coefficient (Wildman–Crippen LogP) is 4.82. The largest absolute Gasteiger partial charge is 0.481 e. The lowest BCUT2D eigenvalue weighted by Gasteiger charge is -2.16. The van der Waals surface area contributed by atoms with Gasteiger partial charge in [-0.3, -0.25) is 9.52 Å². The van der Waals surface area contributed by atoms with Crippen LogP contribution >= 0.6 is 0 Å². The van der Waals surface area contributed by atoms with Crippen LogP contribution in [-0.2, 0) is 14.8 Å². The van der Waals surface area contributed by atoms with Crippen molar-refractivity contribution in [3.63, 3.8) is 0 Å². The fourth-order valence-electron chi connectivity index (χ4n) is 2.93. The molecule has 0 aliphatic heterocycles. The Morgan fingerprint density at radius 1 is 0.871 bits per heavy atom. The molecule has 1 amide bonds. The number of nitrogens with one attached hydrogen (secondary N) is 2. The van der Waals surface area contributed by atoms with Gasteiger partial charge >= 0.3 is 0 Å². The lowest BCUT2D eigenvalue weighted by atomic mass is 10.1. The normalized spacial score (nSPS) is 12.1. The second-order valence-electron chi connectivity index (χ2n) is 7.49. The van der Waals surface area contributed by atoms with Crippen molar-refractivity contribution in [3.05, 3.63) is 83.4 Å². The molecule has 0 aromatic heterocycles. The van der Waals surface area contributed by atoms with E-state index in [0.29, 0.717) is 17.1 Å². The van der Waals surface area contributed by atoms with Gasteiger partial charge in [-0.1, -0.05) is 18.2 Å². The minimum atomic E-state index is -3.73. The summed E-state index contributed by atoms with van der Waals surface area (Å²) in [6.45, 7) is 7.54. The van der Waals surface area contributed by atoms with Gasteiger partial charge < -0.3 is 10.1 Å². The number of ether oxygens (including phenoxy) is 1. The number of carbonyl (C=O) groups is 1. The maximum Gasteiger partial charge on any atom is 0.265 e. The van der Waals surface area contributed by atoms with E-state index in [1.165, 1.54) is 12.1 Å². The molecule has 0 unspecified atom stereocenters. The number of carbonyl (C=O) groups excluding carboxylic acids is 1. The van der Waals surface area contributed by atoms with Crippen molar-refractivity contribution in [3.8, 4) is 5.75 Å². The Hall–Kier alpha value is -3.32. The Labute approximate surface area is 183 Å². The Balaban J connectivity index is 1.63. The van der Waals surface area contributed by atoms with Gasteiger partial charge in [-0.2, -0.15) is 0 Å². The molecule has 1 atom stereocenters. The summed E-state index contributed by atoms with van der Waals surface area (Å²) in [5.41, 5.74) is 4.16. The average Bonchev–Trinajstić information content (AvgIpc) is 2.71. The quantitative estimate of drug-likeness (QED) is 0.554. The topological polar surface area (TPSA) is 84.5 Å². The number of anilines is 2. The van der Waals surface area contributed by atoms with Crippen molar-refractivity contribution in [2.75, 3.05) is 10.0 Å². The van der Waals surface area contributed by atoms with Gasteiger partial charge in [-0.15, -0.1) is 0 Å². The summed E-state index contributed by atoms with van der Waals surface area (Å²) in [5, 5.41) is 2.74. The Morgan fingerprint density at radius 3 is 2.23 bits per heavy atom. The Kier molecular flexibility index (Phi) is 6.65. The molecule has 0 saturated heterocycles. The zero-order valence-electron chi connectivity index (χ0n) is 18.0. The third kappa shape index (κ3) is 5.86. The lowest BCUT2D eigenvalue weighted by molar-refractivity contribution is -0.122. The highest BCUT2D eigenvalue weighted by Gasteiger charge is 2.17. The minimum Gasteiger partial charge on any atom is -0.481 e. The van der Waals surface area contributed by atoms with Crippen LogP contribution in [0.1, 0.15) is 23.6 Å². The first-order valence-electron chi connectivity index (χ1n) is 9.88. The van der Waals surface area contributed by atoms with Crippen LogP contribution in [0.5, 0.6) is 5.75 Å². The summed E-state index contributed by atoms with van der Waals surface area (Å²) in [7, 11) is -3.73. The molecule has 3 aromatic rings. The molecule has 3 aromatic carbocycles. The molecular weight excluding hydrogens is 412 g/mol. The number of benzene rings is 3. The zero-order valence-corrected chi connectivity index (χ0v) is 18.8. The van der Waals surface area contributed by atoms with Gasteiger partial charge in [0, 0.05) is 11.4 Å². The van der Waals surface area contributed by atoms with E-state index in [0.717, 1.165) is 16.7 Å². The molecule has 2 N–H and O–H groups in total. The smallest absolute Gasteiger partial charge is 0.265 e. The first-order valence-corrected chi connectivity index (χ1v) is 11.4. The van der Waals surface area contributed by atoms with E-state index in [1.807, 2.05) is 45.0 Å². The highest BCUT2D eigenvalue weighted by molar-refractivity contribution is 7.92. The van der Waals surface area contributed by atoms with E-state index in [-0.39, 0.29) is 10.8 Å². The standard InChI is InChI=1S/C24H26N2O4S/c1-16-6-5-7-21(14-16)26-31(28,29)23-12-9-20(10-13-23)25-24(27)19(4)30-22-11-8-17(2)18(3)15-22/h5-15,19,26H,1-4H3,(H,25,27)/t19-/m1/s1. The van der Waals surface area contributed by atoms with Crippen molar-refractivity contribution in [2.45, 2.75) is 38.7 Å². The molecule has 0 fully saturated rings. The number of sulfonamides is 1. The first-order chi connectivity index (χ1) is 14.6. The number of hydrogen-bond donors (Lipinski definition) is 2. The second kappa shape index (κ2) is 9.22. The SMILES string of the molecule is Cc1cccc(NS(=O)(=O)c2ccc(NC(=O)[C@@H](C)Oc3ccc(C)c(C)c3)cc2)c1. The van der Waals surface area contributed by atoms with Crippen LogP contribution in [-0.4, -0.2) is 20.4 Å². The summed E-state index contributed by atoms with van der Waals surface area (Å²) in [6.07, 6.45) is -0.714. The molecule has 0 radical (unpaired) electrons. The highest BCUT2D eigenvalue weighted by Crippen LogP contribution is 2.20. The minimum absolute atomic E-state index is 0.103. The summed E-state index contributed by atoms with van der Waals surface area (Å²) < 4.78 is 33.5. The highest BCUT2D eigenvalue weighted by atomic mass is 32.2. The molecule has 6 nitrogen and oxygen atoms in total. The van der Waals surface area contributed by atoms with E-state index in [2.05, 4.69) is 10.0 Å². The predicted molar refractivity (Wildman–Crippen MR) is 123 cm³/mol. The molecule has 31 heavy (non-hydrogen) atoms. The Bertz CT molecular complexity index is 1190. The maximum atomic E-state index is 12.6. The molecule has 0 aliphatic rings. The van der Waals surface area contributed by atoms with E-state index < -0.39 is 16.1 Å². The van der Waals surface area contributed by atoms with Crippen LogP contribution in [0.2, 0.25) is 0 Å². The van der Waals surface area contributed by atoms with Gasteiger partial charge in [0.2, 0.25) is 0 Å². The van der Waals surface area contributed by atoms with Crippen molar-refractivity contribution in [2.24, 2.45) is 0 Å². The summed E-state index contributed by atoms with van der Waals surface area (Å²) >= 11 is 0. The Morgan fingerprint density at radius 2 is 1.58 bits per heavy atom. The molecule has 7 heteroatoms. The third-order valence-corrected chi connectivity index (χ3v) is 6.26. The second-order valence-corrected chi connectivity index (χ2v) is 9.18. The van der Waals surface area contributed by atoms with Crippen LogP contribution in [0.4, 0.5) is 11.4 Å². The van der Waals surface area contributed by atoms with Crippen molar-refractivity contribution in [1.29, 1.82) is 0 Å².